The minimum absolute atomic E-state index is 0.0925. The summed E-state index contributed by atoms with van der Waals surface area (Å²) in [4.78, 5) is 14.5. The predicted molar refractivity (Wildman–Crippen MR) is 120 cm³/mol. The number of carbonyl (C=O) groups is 1. The van der Waals surface area contributed by atoms with Crippen LogP contribution in [-0.4, -0.2) is 59.2 Å². The summed E-state index contributed by atoms with van der Waals surface area (Å²) in [6, 6.07) is 7.53. The van der Waals surface area contributed by atoms with Crippen molar-refractivity contribution >= 4 is 24.3 Å². The van der Waals surface area contributed by atoms with Gasteiger partial charge < -0.3 is 24.3 Å². The lowest BCUT2D eigenvalue weighted by Gasteiger charge is -2.32. The maximum atomic E-state index is 12.6. The standard InChI is InChI=1S/C22H31BN4O4/c1-21(2)22(3,4)31-23(30-21)16-14-24-27(15-16)18-9-11-26(12-10-18)20(28)25-17-7-6-8-19(13-17)29-5/h6-8,13-15,18H,9-12H2,1-5H3,(H,25,28). The number of rotatable bonds is 4. The highest BCUT2D eigenvalue weighted by Gasteiger charge is 2.52. The highest BCUT2D eigenvalue weighted by atomic mass is 16.7. The van der Waals surface area contributed by atoms with Crippen molar-refractivity contribution in [2.75, 3.05) is 25.5 Å². The van der Waals surface area contributed by atoms with Crippen molar-refractivity contribution in [2.45, 2.75) is 57.8 Å². The summed E-state index contributed by atoms with van der Waals surface area (Å²) in [5.41, 5.74) is 0.908. The molecule has 1 aromatic carbocycles. The molecule has 1 N–H and O–H groups in total. The van der Waals surface area contributed by atoms with E-state index in [9.17, 15) is 4.79 Å². The van der Waals surface area contributed by atoms with Crippen LogP contribution in [0.2, 0.25) is 0 Å². The first kappa shape index (κ1) is 21.7. The summed E-state index contributed by atoms with van der Waals surface area (Å²) in [7, 11) is 1.20. The molecule has 3 heterocycles. The number of nitrogens with one attached hydrogen (secondary N) is 1. The van der Waals surface area contributed by atoms with E-state index in [2.05, 4.69) is 10.4 Å². The number of anilines is 1. The summed E-state index contributed by atoms with van der Waals surface area (Å²) < 4.78 is 19.5. The van der Waals surface area contributed by atoms with Gasteiger partial charge >= 0.3 is 13.1 Å². The summed E-state index contributed by atoms with van der Waals surface area (Å²) >= 11 is 0. The Morgan fingerprint density at radius 2 is 1.87 bits per heavy atom. The molecule has 2 amide bonds. The van der Waals surface area contributed by atoms with E-state index >= 15 is 0 Å². The van der Waals surface area contributed by atoms with E-state index < -0.39 is 7.12 Å². The van der Waals surface area contributed by atoms with Gasteiger partial charge in [-0.05, 0) is 52.7 Å². The Kier molecular flexibility index (Phi) is 5.74. The Hall–Kier alpha value is -2.52. The van der Waals surface area contributed by atoms with Gasteiger partial charge in [-0.15, -0.1) is 0 Å². The minimum Gasteiger partial charge on any atom is -0.497 e. The number of urea groups is 1. The molecule has 1 aromatic heterocycles. The fourth-order valence-electron chi connectivity index (χ4n) is 3.89. The number of hydrogen-bond donors (Lipinski definition) is 1. The first-order chi connectivity index (χ1) is 14.7. The van der Waals surface area contributed by atoms with Crippen molar-refractivity contribution in [1.29, 1.82) is 0 Å². The summed E-state index contributed by atoms with van der Waals surface area (Å²) in [5, 5.41) is 7.51. The highest BCUT2D eigenvalue weighted by molar-refractivity contribution is 6.62. The lowest BCUT2D eigenvalue weighted by molar-refractivity contribution is 0.00578. The smallest absolute Gasteiger partial charge is 0.497 e. The van der Waals surface area contributed by atoms with Gasteiger partial charge in [0.15, 0.2) is 0 Å². The number of likely N-dealkylation sites (tertiary alicyclic amines) is 1. The van der Waals surface area contributed by atoms with E-state index in [0.29, 0.717) is 18.8 Å². The highest BCUT2D eigenvalue weighted by Crippen LogP contribution is 2.36. The molecular formula is C22H31BN4O4. The Morgan fingerprint density at radius 3 is 2.52 bits per heavy atom. The zero-order chi connectivity index (χ0) is 22.2. The molecule has 0 saturated carbocycles. The maximum absolute atomic E-state index is 12.6. The van der Waals surface area contributed by atoms with Crippen LogP contribution in [-0.2, 0) is 9.31 Å². The molecule has 2 fully saturated rings. The monoisotopic (exact) mass is 426 g/mol. The molecule has 8 nitrogen and oxygen atoms in total. The fraction of sp³-hybridized carbons (Fsp3) is 0.545. The number of carbonyl (C=O) groups excluding carboxylic acids is 1. The molecule has 9 heteroatoms. The van der Waals surface area contributed by atoms with Crippen molar-refractivity contribution in [3.8, 4) is 5.75 Å². The van der Waals surface area contributed by atoms with Crippen LogP contribution in [0.15, 0.2) is 36.7 Å². The minimum atomic E-state index is -0.410. The van der Waals surface area contributed by atoms with E-state index in [4.69, 9.17) is 14.0 Å². The maximum Gasteiger partial charge on any atom is 0.498 e. The van der Waals surface area contributed by atoms with Gasteiger partial charge in [-0.1, -0.05) is 6.07 Å². The van der Waals surface area contributed by atoms with Crippen LogP contribution in [0.5, 0.6) is 5.75 Å². The number of aromatic nitrogens is 2. The molecule has 0 unspecified atom stereocenters. The summed E-state index contributed by atoms with van der Waals surface area (Å²) in [5.74, 6) is 0.716. The SMILES string of the molecule is COc1cccc(NC(=O)N2CCC(n3cc(B4OC(C)(C)C(C)(C)O4)cn3)CC2)c1. The molecular weight excluding hydrogens is 395 g/mol. The van der Waals surface area contributed by atoms with Crippen LogP contribution in [0, 0.1) is 0 Å². The molecule has 166 valence electrons. The van der Waals surface area contributed by atoms with Gasteiger partial charge in [-0.3, -0.25) is 4.68 Å². The molecule has 31 heavy (non-hydrogen) atoms. The topological polar surface area (TPSA) is 77.9 Å². The van der Waals surface area contributed by atoms with Gasteiger partial charge in [0.05, 0.1) is 24.4 Å². The normalized spacial score (nSPS) is 20.7. The lowest BCUT2D eigenvalue weighted by atomic mass is 9.82. The van der Waals surface area contributed by atoms with Crippen molar-refractivity contribution in [1.82, 2.24) is 14.7 Å². The number of hydrogen-bond acceptors (Lipinski definition) is 5. The van der Waals surface area contributed by atoms with Crippen molar-refractivity contribution in [3.63, 3.8) is 0 Å². The average molecular weight is 426 g/mol. The van der Waals surface area contributed by atoms with Gasteiger partial charge in [-0.25, -0.2) is 4.79 Å². The summed E-state index contributed by atoms with van der Waals surface area (Å²) in [6.07, 6.45) is 5.52. The van der Waals surface area contributed by atoms with Crippen LogP contribution < -0.4 is 15.5 Å². The van der Waals surface area contributed by atoms with Crippen molar-refractivity contribution in [3.05, 3.63) is 36.7 Å². The first-order valence-electron chi connectivity index (χ1n) is 10.8. The van der Waals surface area contributed by atoms with E-state index in [1.165, 1.54) is 0 Å². The van der Waals surface area contributed by atoms with Gasteiger partial charge in [0, 0.05) is 42.7 Å². The lowest BCUT2D eigenvalue weighted by Crippen LogP contribution is -2.41. The number of amides is 2. The fourth-order valence-corrected chi connectivity index (χ4v) is 3.89. The molecule has 0 aliphatic carbocycles. The van der Waals surface area contributed by atoms with E-state index in [1.807, 2.05) is 73.9 Å². The molecule has 2 aliphatic rings. The van der Waals surface area contributed by atoms with Crippen LogP contribution in [0.3, 0.4) is 0 Å². The number of nitrogens with zero attached hydrogens (tertiary/aromatic N) is 3. The van der Waals surface area contributed by atoms with Gasteiger partial charge in [0.25, 0.3) is 0 Å². The predicted octanol–water partition coefficient (Wildman–Crippen LogP) is 3.06. The zero-order valence-electron chi connectivity index (χ0n) is 18.9. The van der Waals surface area contributed by atoms with Crippen molar-refractivity contribution < 1.29 is 18.8 Å². The van der Waals surface area contributed by atoms with Crippen LogP contribution in [0.25, 0.3) is 0 Å². The van der Waals surface area contributed by atoms with Gasteiger partial charge in [0.1, 0.15) is 5.75 Å². The van der Waals surface area contributed by atoms with Gasteiger partial charge in [-0.2, -0.15) is 5.10 Å². The third-order valence-corrected chi connectivity index (χ3v) is 6.59. The first-order valence-corrected chi connectivity index (χ1v) is 10.8. The molecule has 0 atom stereocenters. The molecule has 2 aliphatic heterocycles. The average Bonchev–Trinajstić information content (AvgIpc) is 3.31. The molecule has 0 radical (unpaired) electrons. The number of methoxy groups -OCH3 is 1. The second-order valence-corrected chi connectivity index (χ2v) is 9.22. The van der Waals surface area contributed by atoms with Crippen LogP contribution >= 0.6 is 0 Å². The summed E-state index contributed by atoms with van der Waals surface area (Å²) in [6.45, 7) is 9.53. The van der Waals surface area contributed by atoms with Gasteiger partial charge in [0.2, 0.25) is 0 Å². The quantitative estimate of drug-likeness (QED) is 0.761. The zero-order valence-corrected chi connectivity index (χ0v) is 18.9. The number of piperidine rings is 1. The largest absolute Gasteiger partial charge is 0.498 e. The molecule has 2 saturated heterocycles. The Balaban J connectivity index is 1.33. The molecule has 2 aromatic rings. The number of benzene rings is 1. The van der Waals surface area contributed by atoms with E-state index in [-0.39, 0.29) is 23.3 Å². The van der Waals surface area contributed by atoms with Crippen LogP contribution in [0.4, 0.5) is 10.5 Å². The van der Waals surface area contributed by atoms with E-state index in [1.54, 1.807) is 7.11 Å². The Labute approximate surface area is 184 Å². The molecule has 0 spiro atoms. The third kappa shape index (κ3) is 4.43. The third-order valence-electron chi connectivity index (χ3n) is 6.59. The Bertz CT molecular complexity index is 921. The molecule has 0 bridgehead atoms. The van der Waals surface area contributed by atoms with E-state index in [0.717, 1.165) is 24.0 Å². The second-order valence-electron chi connectivity index (χ2n) is 9.22. The number of ether oxygens (including phenoxy) is 1. The Morgan fingerprint density at radius 1 is 1.19 bits per heavy atom. The van der Waals surface area contributed by atoms with Crippen LogP contribution in [0.1, 0.15) is 46.6 Å². The second kappa shape index (κ2) is 8.20. The van der Waals surface area contributed by atoms with Crippen molar-refractivity contribution in [2.24, 2.45) is 0 Å². The molecule has 4 rings (SSSR count).